The quantitative estimate of drug-likeness (QED) is 0.514. The lowest BCUT2D eigenvalue weighted by Crippen LogP contribution is -2.55. The van der Waals surface area contributed by atoms with Crippen molar-refractivity contribution in [2.75, 3.05) is 11.9 Å². The van der Waals surface area contributed by atoms with Crippen LogP contribution in [0.2, 0.25) is 0 Å². The number of carbonyl (C=O) groups excluding carboxylic acids is 3. The average Bonchev–Trinajstić information content (AvgIpc) is 3.25. The van der Waals surface area contributed by atoms with E-state index < -0.39 is 23.8 Å². The van der Waals surface area contributed by atoms with E-state index in [2.05, 4.69) is 0 Å². The van der Waals surface area contributed by atoms with Crippen LogP contribution in [0.1, 0.15) is 16.1 Å². The predicted octanol–water partition coefficient (Wildman–Crippen LogP) is 3.65. The van der Waals surface area contributed by atoms with Crippen molar-refractivity contribution in [3.8, 4) is 11.3 Å². The minimum Gasteiger partial charge on any atom is -0.478 e. The topological polar surface area (TPSA) is 108 Å². The van der Waals surface area contributed by atoms with Gasteiger partial charge in [0.25, 0.3) is 11.8 Å². The zero-order chi connectivity index (χ0) is 22.1. The monoisotopic (exact) mass is 416 g/mol. The number of amides is 4. The van der Waals surface area contributed by atoms with Gasteiger partial charge >= 0.3 is 12.0 Å². The Morgan fingerprint density at radius 2 is 1.58 bits per heavy atom. The van der Waals surface area contributed by atoms with Crippen LogP contribution >= 0.6 is 0 Å². The highest BCUT2D eigenvalue weighted by Gasteiger charge is 2.41. The highest BCUT2D eigenvalue weighted by molar-refractivity contribution is 6.38. The number of hydrogen-bond acceptors (Lipinski definition) is 5. The van der Waals surface area contributed by atoms with Gasteiger partial charge in [0.2, 0.25) is 0 Å². The molecule has 4 rings (SSSR count). The third-order valence-electron chi connectivity index (χ3n) is 4.80. The number of nitrogens with zero attached hydrogens (tertiary/aromatic N) is 2. The van der Waals surface area contributed by atoms with Gasteiger partial charge in [-0.25, -0.2) is 14.5 Å². The summed E-state index contributed by atoms with van der Waals surface area (Å²) >= 11 is 0. The number of para-hydroxylation sites is 1. The highest BCUT2D eigenvalue weighted by Crippen LogP contribution is 2.29. The molecule has 1 aliphatic heterocycles. The largest absolute Gasteiger partial charge is 0.478 e. The Labute approximate surface area is 176 Å². The number of carbonyl (C=O) groups is 4. The van der Waals surface area contributed by atoms with Crippen LogP contribution in [-0.4, -0.2) is 40.9 Å². The van der Waals surface area contributed by atoms with Crippen LogP contribution in [0.15, 0.2) is 76.7 Å². The number of benzene rings is 2. The first-order valence-electron chi connectivity index (χ1n) is 9.24. The molecule has 0 radical (unpaired) electrons. The SMILES string of the molecule is CN1C(=O)/C(=C\c2ccc(-c3ccccc3C(=O)O)o2)C(=O)N(c2ccccc2)C1=O. The van der Waals surface area contributed by atoms with E-state index in [1.807, 2.05) is 0 Å². The number of barbiturate groups is 1. The van der Waals surface area contributed by atoms with Crippen LogP contribution in [-0.2, 0) is 9.59 Å². The molecule has 1 saturated heterocycles. The van der Waals surface area contributed by atoms with Crippen LogP contribution in [0.3, 0.4) is 0 Å². The third-order valence-corrected chi connectivity index (χ3v) is 4.80. The lowest BCUT2D eigenvalue weighted by molar-refractivity contribution is -0.128. The predicted molar refractivity (Wildman–Crippen MR) is 111 cm³/mol. The number of furan rings is 1. The molecule has 154 valence electrons. The summed E-state index contributed by atoms with van der Waals surface area (Å²) in [5.74, 6) is -2.20. The van der Waals surface area contributed by atoms with Crippen molar-refractivity contribution in [3.05, 3.63) is 83.6 Å². The van der Waals surface area contributed by atoms with Gasteiger partial charge in [0.15, 0.2) is 0 Å². The van der Waals surface area contributed by atoms with Crippen LogP contribution in [0, 0.1) is 0 Å². The van der Waals surface area contributed by atoms with Gasteiger partial charge < -0.3 is 9.52 Å². The maximum Gasteiger partial charge on any atom is 0.338 e. The first-order chi connectivity index (χ1) is 14.9. The molecule has 0 bridgehead atoms. The fourth-order valence-corrected chi connectivity index (χ4v) is 3.25. The molecule has 3 aromatic rings. The lowest BCUT2D eigenvalue weighted by Gasteiger charge is -2.31. The number of urea groups is 1. The summed E-state index contributed by atoms with van der Waals surface area (Å²) < 4.78 is 5.70. The zero-order valence-electron chi connectivity index (χ0n) is 16.3. The maximum atomic E-state index is 13.0. The van der Waals surface area contributed by atoms with Crippen molar-refractivity contribution < 1.29 is 28.7 Å². The Balaban J connectivity index is 1.73. The molecule has 1 fully saturated rings. The molecule has 1 aromatic heterocycles. The van der Waals surface area contributed by atoms with Crippen molar-refractivity contribution >= 4 is 35.6 Å². The fraction of sp³-hybridized carbons (Fsp3) is 0.0435. The third kappa shape index (κ3) is 3.51. The molecule has 31 heavy (non-hydrogen) atoms. The summed E-state index contributed by atoms with van der Waals surface area (Å²) in [7, 11) is 1.29. The Morgan fingerprint density at radius 1 is 0.903 bits per heavy atom. The van der Waals surface area contributed by atoms with Crippen molar-refractivity contribution in [1.82, 2.24) is 4.90 Å². The molecule has 0 aliphatic carbocycles. The van der Waals surface area contributed by atoms with E-state index in [9.17, 15) is 24.3 Å². The standard InChI is InChI=1S/C23H16N2O6/c1-24-20(26)18(21(27)25(23(24)30)14-7-3-2-4-8-14)13-15-11-12-19(31-15)16-9-5-6-10-17(16)22(28)29/h2-13H,1H3,(H,28,29)/b18-13+. The smallest absolute Gasteiger partial charge is 0.338 e. The molecule has 0 unspecified atom stereocenters. The summed E-state index contributed by atoms with van der Waals surface area (Å²) in [5.41, 5.74) is 0.497. The van der Waals surface area contributed by atoms with E-state index in [1.54, 1.807) is 54.6 Å². The van der Waals surface area contributed by atoms with Crippen LogP contribution in [0.4, 0.5) is 10.5 Å². The number of aromatic carboxylic acids is 1. The second-order valence-corrected chi connectivity index (χ2v) is 6.73. The van der Waals surface area contributed by atoms with Crippen molar-refractivity contribution in [3.63, 3.8) is 0 Å². The lowest BCUT2D eigenvalue weighted by atomic mass is 10.1. The van der Waals surface area contributed by atoms with Crippen molar-refractivity contribution in [2.45, 2.75) is 0 Å². The van der Waals surface area contributed by atoms with E-state index >= 15 is 0 Å². The molecule has 2 heterocycles. The second-order valence-electron chi connectivity index (χ2n) is 6.73. The van der Waals surface area contributed by atoms with Gasteiger partial charge in [-0.05, 0) is 36.4 Å². The number of anilines is 1. The van der Waals surface area contributed by atoms with Gasteiger partial charge in [0.05, 0.1) is 11.3 Å². The zero-order valence-corrected chi connectivity index (χ0v) is 16.3. The Morgan fingerprint density at radius 3 is 2.29 bits per heavy atom. The summed E-state index contributed by atoms with van der Waals surface area (Å²) in [6, 6.07) is 16.9. The van der Waals surface area contributed by atoms with Gasteiger partial charge in [-0.1, -0.05) is 36.4 Å². The Bertz CT molecular complexity index is 1240. The first-order valence-corrected chi connectivity index (χ1v) is 9.24. The minimum atomic E-state index is -1.11. The van der Waals surface area contributed by atoms with Crippen molar-refractivity contribution in [1.29, 1.82) is 0 Å². The van der Waals surface area contributed by atoms with E-state index in [1.165, 1.54) is 25.3 Å². The average molecular weight is 416 g/mol. The van der Waals surface area contributed by atoms with E-state index in [0.717, 1.165) is 9.80 Å². The van der Waals surface area contributed by atoms with E-state index in [4.69, 9.17) is 4.42 Å². The summed E-state index contributed by atoms with van der Waals surface area (Å²) in [4.78, 5) is 51.4. The molecule has 8 heteroatoms. The summed E-state index contributed by atoms with van der Waals surface area (Å²) in [5, 5.41) is 9.37. The van der Waals surface area contributed by atoms with Crippen molar-refractivity contribution in [2.24, 2.45) is 0 Å². The molecular formula is C23H16N2O6. The summed E-state index contributed by atoms with van der Waals surface area (Å²) in [6.07, 6.45) is 1.25. The Kier molecular flexibility index (Phi) is 4.96. The minimum absolute atomic E-state index is 0.0569. The molecule has 4 amide bonds. The summed E-state index contributed by atoms with van der Waals surface area (Å²) in [6.45, 7) is 0. The van der Waals surface area contributed by atoms with Crippen LogP contribution in [0.25, 0.3) is 17.4 Å². The molecule has 0 saturated carbocycles. The van der Waals surface area contributed by atoms with Gasteiger partial charge in [0, 0.05) is 12.6 Å². The fourth-order valence-electron chi connectivity index (χ4n) is 3.25. The maximum absolute atomic E-state index is 13.0. The normalized spacial score (nSPS) is 15.6. The molecule has 8 nitrogen and oxygen atoms in total. The number of likely N-dealkylation sites (N-methyl/N-ethyl adjacent to an activating group) is 1. The van der Waals surface area contributed by atoms with Gasteiger partial charge in [-0.2, -0.15) is 0 Å². The molecule has 2 aromatic carbocycles. The Hall–Kier alpha value is -4.46. The highest BCUT2D eigenvalue weighted by atomic mass is 16.4. The number of rotatable bonds is 4. The second kappa shape index (κ2) is 7.75. The molecule has 1 N–H and O–H groups in total. The molecule has 0 atom stereocenters. The molecule has 0 spiro atoms. The number of carboxylic acids is 1. The number of hydrogen-bond donors (Lipinski definition) is 1. The van der Waals surface area contributed by atoms with Crippen LogP contribution < -0.4 is 4.90 Å². The van der Waals surface area contributed by atoms with Gasteiger partial charge in [0.1, 0.15) is 17.1 Å². The van der Waals surface area contributed by atoms with E-state index in [-0.39, 0.29) is 22.7 Å². The number of imide groups is 2. The number of carboxylic acid groups (broad SMARTS) is 1. The molecular weight excluding hydrogens is 400 g/mol. The first kappa shape index (κ1) is 19.8. The van der Waals surface area contributed by atoms with Crippen LogP contribution in [0.5, 0.6) is 0 Å². The molecule has 1 aliphatic rings. The van der Waals surface area contributed by atoms with Gasteiger partial charge in [-0.3, -0.25) is 14.5 Å². The van der Waals surface area contributed by atoms with Gasteiger partial charge in [-0.15, -0.1) is 0 Å². The van der Waals surface area contributed by atoms with E-state index in [0.29, 0.717) is 11.3 Å².